The molecule has 0 spiro atoms. The number of nitrogens with one attached hydrogen (secondary N) is 1. The Morgan fingerprint density at radius 1 is 1.29 bits per heavy atom. The molecule has 28 heavy (non-hydrogen) atoms. The maximum Gasteiger partial charge on any atom is 0.234 e. The van der Waals surface area contributed by atoms with Crippen molar-refractivity contribution >= 4 is 34.7 Å². The van der Waals surface area contributed by atoms with Crippen molar-refractivity contribution in [2.24, 2.45) is 0 Å². The van der Waals surface area contributed by atoms with Gasteiger partial charge in [0.15, 0.2) is 5.16 Å². The van der Waals surface area contributed by atoms with Crippen molar-refractivity contribution in [3.8, 4) is 6.07 Å². The van der Waals surface area contributed by atoms with Crippen LogP contribution in [0.2, 0.25) is 0 Å². The zero-order valence-electron chi connectivity index (χ0n) is 15.2. The third-order valence-corrected chi connectivity index (χ3v) is 6.23. The quantitative estimate of drug-likeness (QED) is 0.567. The van der Waals surface area contributed by atoms with Crippen molar-refractivity contribution < 1.29 is 4.79 Å². The summed E-state index contributed by atoms with van der Waals surface area (Å²) in [6, 6.07) is 14.1. The van der Waals surface area contributed by atoms with Crippen molar-refractivity contribution in [1.29, 1.82) is 5.26 Å². The molecular weight excluding hydrogens is 390 g/mol. The number of carbonyl (C=O) groups excluding carboxylic acids is 1. The van der Waals surface area contributed by atoms with E-state index in [2.05, 4.69) is 37.6 Å². The molecule has 1 N–H and O–H groups in total. The molecular formula is C20H19N5OS2. The first kappa shape index (κ1) is 18.7. The van der Waals surface area contributed by atoms with E-state index in [4.69, 9.17) is 5.26 Å². The molecule has 2 heterocycles. The van der Waals surface area contributed by atoms with E-state index in [9.17, 15) is 4.79 Å². The van der Waals surface area contributed by atoms with Gasteiger partial charge in [0.05, 0.1) is 18.2 Å². The number of aromatic nitrogens is 3. The number of amides is 1. The Labute approximate surface area is 171 Å². The van der Waals surface area contributed by atoms with Crippen molar-refractivity contribution in [2.75, 3.05) is 11.1 Å². The van der Waals surface area contributed by atoms with Gasteiger partial charge in [-0.2, -0.15) is 5.26 Å². The van der Waals surface area contributed by atoms with Gasteiger partial charge in [-0.05, 0) is 42.0 Å². The van der Waals surface area contributed by atoms with Crippen LogP contribution in [0.4, 0.5) is 5.69 Å². The van der Waals surface area contributed by atoms with Crippen LogP contribution in [0.3, 0.4) is 0 Å². The molecule has 0 bridgehead atoms. The van der Waals surface area contributed by atoms with Crippen molar-refractivity contribution in [3.63, 3.8) is 0 Å². The SMILES string of the molecule is N#CCc1ccc(NC(=O)CSc2nnc(Cc3cccs3)n2C2CC2)cc1. The lowest BCUT2D eigenvalue weighted by Gasteiger charge is -2.09. The van der Waals surface area contributed by atoms with Crippen LogP contribution in [0.1, 0.15) is 35.1 Å². The number of anilines is 1. The lowest BCUT2D eigenvalue weighted by molar-refractivity contribution is -0.113. The lowest BCUT2D eigenvalue weighted by Crippen LogP contribution is -2.14. The minimum atomic E-state index is -0.0804. The number of thioether (sulfide) groups is 1. The Morgan fingerprint density at radius 3 is 2.79 bits per heavy atom. The van der Waals surface area contributed by atoms with Gasteiger partial charge in [-0.25, -0.2) is 0 Å². The first-order valence-electron chi connectivity index (χ1n) is 9.07. The zero-order chi connectivity index (χ0) is 19.3. The monoisotopic (exact) mass is 409 g/mol. The van der Waals surface area contributed by atoms with Crippen molar-refractivity contribution in [3.05, 3.63) is 58.0 Å². The van der Waals surface area contributed by atoms with E-state index < -0.39 is 0 Å². The first-order valence-corrected chi connectivity index (χ1v) is 10.9. The van der Waals surface area contributed by atoms with E-state index in [1.165, 1.54) is 16.6 Å². The Kier molecular flexibility index (Phi) is 5.74. The molecule has 0 atom stereocenters. The Balaban J connectivity index is 1.37. The van der Waals surface area contributed by atoms with E-state index >= 15 is 0 Å². The van der Waals surface area contributed by atoms with E-state index in [0.717, 1.165) is 41.5 Å². The molecule has 1 aliphatic carbocycles. The number of nitriles is 1. The van der Waals surface area contributed by atoms with Gasteiger partial charge in [0.1, 0.15) is 5.82 Å². The summed E-state index contributed by atoms with van der Waals surface area (Å²) in [6.45, 7) is 0. The van der Waals surface area contributed by atoms with Crippen LogP contribution in [-0.4, -0.2) is 26.4 Å². The number of hydrogen-bond acceptors (Lipinski definition) is 6. The Bertz CT molecular complexity index is 985. The van der Waals surface area contributed by atoms with Gasteiger partial charge in [-0.3, -0.25) is 4.79 Å². The van der Waals surface area contributed by atoms with Gasteiger partial charge in [-0.15, -0.1) is 21.5 Å². The highest BCUT2D eigenvalue weighted by atomic mass is 32.2. The second-order valence-corrected chi connectivity index (χ2v) is 8.60. The molecule has 0 saturated heterocycles. The van der Waals surface area contributed by atoms with Crippen molar-refractivity contribution in [2.45, 2.75) is 36.9 Å². The van der Waals surface area contributed by atoms with Gasteiger partial charge >= 0.3 is 0 Å². The smallest absolute Gasteiger partial charge is 0.234 e. The number of hydrogen-bond donors (Lipinski definition) is 1. The van der Waals surface area contributed by atoms with Crippen LogP contribution in [0.25, 0.3) is 0 Å². The number of nitrogens with zero attached hydrogens (tertiary/aromatic N) is 4. The van der Waals surface area contributed by atoms with Gasteiger partial charge < -0.3 is 9.88 Å². The average Bonchev–Trinajstić information content (AvgIpc) is 3.25. The zero-order valence-corrected chi connectivity index (χ0v) is 16.8. The predicted octanol–water partition coefficient (Wildman–Crippen LogP) is 4.06. The fourth-order valence-corrected chi connectivity index (χ4v) is 4.45. The summed E-state index contributed by atoms with van der Waals surface area (Å²) in [5, 5.41) is 23.2. The summed E-state index contributed by atoms with van der Waals surface area (Å²) in [7, 11) is 0. The van der Waals surface area contributed by atoms with Gasteiger partial charge in [0.25, 0.3) is 0 Å². The average molecular weight is 410 g/mol. The molecule has 0 unspecified atom stereocenters. The highest BCUT2D eigenvalue weighted by molar-refractivity contribution is 7.99. The maximum absolute atomic E-state index is 12.3. The second kappa shape index (κ2) is 8.59. The standard InChI is InChI=1S/C20H19N5OS2/c21-10-9-14-3-5-15(6-4-14)22-19(26)13-28-20-24-23-18(25(20)16-7-8-16)12-17-2-1-11-27-17/h1-6,11,16H,7-9,12-13H2,(H,22,26). The normalized spacial score (nSPS) is 13.2. The van der Waals surface area contributed by atoms with Gasteiger partial charge in [0.2, 0.25) is 5.91 Å². The van der Waals surface area contributed by atoms with Crippen LogP contribution >= 0.6 is 23.1 Å². The first-order chi connectivity index (χ1) is 13.7. The maximum atomic E-state index is 12.3. The fourth-order valence-electron chi connectivity index (χ4n) is 2.92. The number of carbonyl (C=O) groups is 1. The topological polar surface area (TPSA) is 83.6 Å². The molecule has 2 aromatic heterocycles. The summed E-state index contributed by atoms with van der Waals surface area (Å²) in [5.41, 5.74) is 1.67. The molecule has 1 aliphatic rings. The Morgan fingerprint density at radius 2 is 2.11 bits per heavy atom. The minimum Gasteiger partial charge on any atom is -0.325 e. The number of benzene rings is 1. The predicted molar refractivity (Wildman–Crippen MR) is 111 cm³/mol. The van der Waals surface area contributed by atoms with Crippen molar-refractivity contribution in [1.82, 2.24) is 14.8 Å². The summed E-state index contributed by atoms with van der Waals surface area (Å²) >= 11 is 3.15. The molecule has 0 radical (unpaired) electrons. The van der Waals surface area contributed by atoms with E-state index in [1.807, 2.05) is 30.3 Å². The molecule has 0 aliphatic heterocycles. The van der Waals surface area contributed by atoms with Crippen LogP contribution in [-0.2, 0) is 17.6 Å². The molecule has 4 rings (SSSR count). The number of rotatable bonds is 8. The molecule has 6 nitrogen and oxygen atoms in total. The third kappa shape index (κ3) is 4.61. The summed E-state index contributed by atoms with van der Waals surface area (Å²) in [6.07, 6.45) is 3.44. The molecule has 8 heteroatoms. The molecule has 1 aromatic carbocycles. The fraction of sp³-hybridized carbons (Fsp3) is 0.300. The largest absolute Gasteiger partial charge is 0.325 e. The Hall–Kier alpha value is -2.63. The van der Waals surface area contributed by atoms with Gasteiger partial charge in [-0.1, -0.05) is 30.0 Å². The van der Waals surface area contributed by atoms with E-state index in [0.29, 0.717) is 12.5 Å². The molecule has 1 saturated carbocycles. The summed E-state index contributed by atoms with van der Waals surface area (Å²) in [4.78, 5) is 13.6. The van der Waals surface area contributed by atoms with E-state index in [-0.39, 0.29) is 11.7 Å². The molecule has 142 valence electrons. The highest BCUT2D eigenvalue weighted by Gasteiger charge is 2.29. The third-order valence-electron chi connectivity index (χ3n) is 4.41. The van der Waals surface area contributed by atoms with Crippen LogP contribution in [0.15, 0.2) is 46.9 Å². The van der Waals surface area contributed by atoms with Crippen LogP contribution < -0.4 is 5.32 Å². The molecule has 1 fully saturated rings. The van der Waals surface area contributed by atoms with Gasteiger partial charge in [0, 0.05) is 23.0 Å². The molecule has 3 aromatic rings. The molecule has 1 amide bonds. The summed E-state index contributed by atoms with van der Waals surface area (Å²) in [5.74, 6) is 1.17. The van der Waals surface area contributed by atoms with Crippen LogP contribution in [0.5, 0.6) is 0 Å². The summed E-state index contributed by atoms with van der Waals surface area (Å²) < 4.78 is 2.20. The second-order valence-electron chi connectivity index (χ2n) is 6.62. The van der Waals surface area contributed by atoms with Crippen LogP contribution in [0, 0.1) is 11.3 Å². The van der Waals surface area contributed by atoms with E-state index in [1.54, 1.807) is 11.3 Å². The number of thiophene rings is 1. The lowest BCUT2D eigenvalue weighted by atomic mass is 10.1. The minimum absolute atomic E-state index is 0.0804. The highest BCUT2D eigenvalue weighted by Crippen LogP contribution is 2.39.